The number of nitrogens with one attached hydrogen (secondary N) is 2. The standard InChI is InChI=1S/C12H21N5S/c1-3-18-9-6-4-5-8(9)15-11-7-10(14-2)16-12(13)17-11/h7-9H,3-6H2,1-2H3,(H4,13,14,15,16,17). The lowest BCUT2D eigenvalue weighted by atomic mass is 10.2. The van der Waals surface area contributed by atoms with E-state index in [1.165, 1.54) is 19.3 Å². The van der Waals surface area contributed by atoms with E-state index in [2.05, 4.69) is 27.5 Å². The number of hydrogen-bond donors (Lipinski definition) is 3. The lowest BCUT2D eigenvalue weighted by Gasteiger charge is -2.21. The Labute approximate surface area is 112 Å². The van der Waals surface area contributed by atoms with Gasteiger partial charge in [-0.15, -0.1) is 0 Å². The van der Waals surface area contributed by atoms with Gasteiger partial charge in [-0.05, 0) is 18.6 Å². The summed E-state index contributed by atoms with van der Waals surface area (Å²) >= 11 is 2.03. The molecular formula is C12H21N5S. The van der Waals surface area contributed by atoms with Crippen molar-refractivity contribution < 1.29 is 0 Å². The summed E-state index contributed by atoms with van der Waals surface area (Å²) in [5.41, 5.74) is 5.70. The molecule has 1 aromatic rings. The zero-order chi connectivity index (χ0) is 13.0. The highest BCUT2D eigenvalue weighted by Gasteiger charge is 2.27. The Balaban J connectivity index is 2.06. The summed E-state index contributed by atoms with van der Waals surface area (Å²) in [7, 11) is 1.83. The van der Waals surface area contributed by atoms with Crippen molar-refractivity contribution in [2.45, 2.75) is 37.5 Å². The van der Waals surface area contributed by atoms with Crippen molar-refractivity contribution >= 4 is 29.3 Å². The summed E-state index contributed by atoms with van der Waals surface area (Å²) in [5, 5.41) is 7.18. The molecule has 1 aromatic heterocycles. The number of aromatic nitrogens is 2. The summed E-state index contributed by atoms with van der Waals surface area (Å²) in [6, 6.07) is 2.40. The second-order valence-corrected chi connectivity index (χ2v) is 5.94. The van der Waals surface area contributed by atoms with E-state index in [0.717, 1.165) is 17.4 Å². The van der Waals surface area contributed by atoms with E-state index in [0.29, 0.717) is 17.2 Å². The van der Waals surface area contributed by atoms with Crippen LogP contribution in [0.15, 0.2) is 6.07 Å². The van der Waals surface area contributed by atoms with Crippen LogP contribution in [-0.2, 0) is 0 Å². The lowest BCUT2D eigenvalue weighted by Crippen LogP contribution is -2.27. The summed E-state index contributed by atoms with van der Waals surface area (Å²) in [4.78, 5) is 8.34. The largest absolute Gasteiger partial charge is 0.373 e. The Morgan fingerprint density at radius 2 is 2.17 bits per heavy atom. The van der Waals surface area contributed by atoms with Gasteiger partial charge in [0.15, 0.2) is 0 Å². The van der Waals surface area contributed by atoms with Gasteiger partial charge in [0.05, 0.1) is 0 Å². The Morgan fingerprint density at radius 3 is 2.89 bits per heavy atom. The number of anilines is 3. The Bertz CT molecular complexity index is 398. The summed E-state index contributed by atoms with van der Waals surface area (Å²) < 4.78 is 0. The molecule has 2 unspecified atom stereocenters. The van der Waals surface area contributed by atoms with Crippen molar-refractivity contribution in [2.75, 3.05) is 29.2 Å². The molecule has 1 aliphatic rings. The highest BCUT2D eigenvalue weighted by molar-refractivity contribution is 7.99. The minimum absolute atomic E-state index is 0.307. The van der Waals surface area contributed by atoms with E-state index >= 15 is 0 Å². The van der Waals surface area contributed by atoms with E-state index < -0.39 is 0 Å². The molecule has 0 amide bonds. The fourth-order valence-electron chi connectivity index (χ4n) is 2.36. The molecule has 1 heterocycles. The Kier molecular flexibility index (Phi) is 4.52. The molecule has 6 heteroatoms. The minimum atomic E-state index is 0.307. The van der Waals surface area contributed by atoms with Crippen molar-refractivity contribution in [1.82, 2.24) is 9.97 Å². The maximum absolute atomic E-state index is 5.70. The average molecular weight is 267 g/mol. The van der Waals surface area contributed by atoms with Crippen LogP contribution in [-0.4, -0.2) is 34.1 Å². The van der Waals surface area contributed by atoms with Crippen LogP contribution in [0, 0.1) is 0 Å². The second-order valence-electron chi connectivity index (χ2n) is 4.42. The molecule has 1 saturated carbocycles. The van der Waals surface area contributed by atoms with Gasteiger partial charge in [0.1, 0.15) is 11.6 Å². The van der Waals surface area contributed by atoms with E-state index in [-0.39, 0.29) is 0 Å². The van der Waals surface area contributed by atoms with Gasteiger partial charge in [-0.2, -0.15) is 21.7 Å². The van der Waals surface area contributed by atoms with Gasteiger partial charge in [0.2, 0.25) is 5.95 Å². The second kappa shape index (κ2) is 6.13. The molecule has 0 bridgehead atoms. The monoisotopic (exact) mass is 267 g/mol. The predicted octanol–water partition coefficient (Wildman–Crippen LogP) is 2.19. The smallest absolute Gasteiger partial charge is 0.223 e. The third-order valence-electron chi connectivity index (χ3n) is 3.17. The zero-order valence-electron chi connectivity index (χ0n) is 10.9. The molecular weight excluding hydrogens is 246 g/mol. The summed E-state index contributed by atoms with van der Waals surface area (Å²) in [6.07, 6.45) is 3.78. The van der Waals surface area contributed by atoms with Crippen LogP contribution in [0.4, 0.5) is 17.6 Å². The van der Waals surface area contributed by atoms with Crippen molar-refractivity contribution in [3.8, 4) is 0 Å². The van der Waals surface area contributed by atoms with Crippen molar-refractivity contribution in [3.63, 3.8) is 0 Å². The third-order valence-corrected chi connectivity index (χ3v) is 4.49. The lowest BCUT2D eigenvalue weighted by molar-refractivity contribution is 0.762. The van der Waals surface area contributed by atoms with E-state index in [1.807, 2.05) is 24.9 Å². The minimum Gasteiger partial charge on any atom is -0.373 e. The van der Waals surface area contributed by atoms with Crippen molar-refractivity contribution in [1.29, 1.82) is 0 Å². The summed E-state index contributed by atoms with van der Waals surface area (Å²) in [6.45, 7) is 2.21. The highest BCUT2D eigenvalue weighted by Crippen LogP contribution is 2.32. The highest BCUT2D eigenvalue weighted by atomic mass is 32.2. The maximum Gasteiger partial charge on any atom is 0.223 e. The SMILES string of the molecule is CCSC1CCCC1Nc1cc(NC)nc(N)n1. The number of hydrogen-bond acceptors (Lipinski definition) is 6. The van der Waals surface area contributed by atoms with E-state index in [9.17, 15) is 0 Å². The first-order chi connectivity index (χ1) is 8.72. The first-order valence-electron chi connectivity index (χ1n) is 6.43. The van der Waals surface area contributed by atoms with Gasteiger partial charge < -0.3 is 16.4 Å². The topological polar surface area (TPSA) is 75.9 Å². The van der Waals surface area contributed by atoms with Crippen molar-refractivity contribution in [2.24, 2.45) is 0 Å². The number of nitrogens with two attached hydrogens (primary N) is 1. The molecule has 0 aromatic carbocycles. The number of thioether (sulfide) groups is 1. The van der Waals surface area contributed by atoms with Gasteiger partial charge in [-0.25, -0.2) is 0 Å². The number of nitrogen functional groups attached to an aromatic ring is 1. The van der Waals surface area contributed by atoms with Crippen LogP contribution in [0.1, 0.15) is 26.2 Å². The molecule has 0 saturated heterocycles. The molecule has 2 atom stereocenters. The molecule has 0 radical (unpaired) electrons. The third kappa shape index (κ3) is 3.19. The zero-order valence-corrected chi connectivity index (χ0v) is 11.8. The van der Waals surface area contributed by atoms with Gasteiger partial charge in [-0.3, -0.25) is 0 Å². The normalized spacial score (nSPS) is 23.0. The maximum atomic E-state index is 5.70. The number of rotatable bonds is 5. The fraction of sp³-hybridized carbons (Fsp3) is 0.667. The van der Waals surface area contributed by atoms with Crippen molar-refractivity contribution in [3.05, 3.63) is 6.07 Å². The molecule has 100 valence electrons. The molecule has 4 N–H and O–H groups in total. The Hall–Kier alpha value is -1.17. The molecule has 0 aliphatic heterocycles. The first kappa shape index (κ1) is 13.3. The van der Waals surface area contributed by atoms with Crippen LogP contribution in [0.3, 0.4) is 0 Å². The van der Waals surface area contributed by atoms with Gasteiger partial charge in [0.25, 0.3) is 0 Å². The molecule has 5 nitrogen and oxygen atoms in total. The van der Waals surface area contributed by atoms with Crippen LogP contribution in [0.2, 0.25) is 0 Å². The molecule has 0 spiro atoms. The summed E-state index contributed by atoms with van der Waals surface area (Å²) in [5.74, 6) is 3.04. The van der Waals surface area contributed by atoms with E-state index in [1.54, 1.807) is 0 Å². The average Bonchev–Trinajstić information content (AvgIpc) is 2.76. The van der Waals surface area contributed by atoms with Crippen LogP contribution >= 0.6 is 11.8 Å². The molecule has 2 rings (SSSR count). The Morgan fingerprint density at radius 1 is 1.39 bits per heavy atom. The molecule has 1 fully saturated rings. The fourth-order valence-corrected chi connectivity index (χ4v) is 3.56. The van der Waals surface area contributed by atoms with Gasteiger partial charge in [-0.1, -0.05) is 13.3 Å². The van der Waals surface area contributed by atoms with Crippen LogP contribution in [0.5, 0.6) is 0 Å². The quantitative estimate of drug-likeness (QED) is 0.759. The number of nitrogens with zero attached hydrogens (tertiary/aromatic N) is 2. The van der Waals surface area contributed by atoms with Gasteiger partial charge in [0, 0.05) is 24.4 Å². The molecule has 18 heavy (non-hydrogen) atoms. The predicted molar refractivity (Wildman–Crippen MR) is 79.2 cm³/mol. The molecule has 1 aliphatic carbocycles. The van der Waals surface area contributed by atoms with Gasteiger partial charge >= 0.3 is 0 Å². The van der Waals surface area contributed by atoms with Crippen LogP contribution < -0.4 is 16.4 Å². The first-order valence-corrected chi connectivity index (χ1v) is 7.48. The van der Waals surface area contributed by atoms with E-state index in [4.69, 9.17) is 5.73 Å². The van der Waals surface area contributed by atoms with Crippen LogP contribution in [0.25, 0.3) is 0 Å².